The molecule has 0 aromatic heterocycles. The lowest BCUT2D eigenvalue weighted by molar-refractivity contribution is -0.162. The van der Waals surface area contributed by atoms with E-state index in [1.165, 1.54) is 5.56 Å². The van der Waals surface area contributed by atoms with Gasteiger partial charge in [0.1, 0.15) is 0 Å². The fraction of sp³-hybridized carbons (Fsp3) is 0.286. The minimum absolute atomic E-state index is 0.0150. The third kappa shape index (κ3) is 1.83. The first kappa shape index (κ1) is 14.2. The van der Waals surface area contributed by atoms with Crippen molar-refractivity contribution in [3.8, 4) is 0 Å². The first-order valence-electron chi connectivity index (χ1n) is 9.20. The van der Waals surface area contributed by atoms with Gasteiger partial charge in [0.05, 0.1) is 24.4 Å². The van der Waals surface area contributed by atoms with Gasteiger partial charge in [-0.25, -0.2) is 5.01 Å². The van der Waals surface area contributed by atoms with Gasteiger partial charge in [-0.15, -0.1) is 0 Å². The van der Waals surface area contributed by atoms with Crippen LogP contribution >= 0.6 is 0 Å². The summed E-state index contributed by atoms with van der Waals surface area (Å²) in [6.45, 7) is 0. The van der Waals surface area contributed by atoms with E-state index in [0.717, 1.165) is 29.5 Å². The predicted octanol–water partition coefficient (Wildman–Crippen LogP) is 3.29. The number of fused-ring (bicyclic) bond motifs is 7. The number of benzene rings is 2. The Kier molecular flexibility index (Phi) is 2.76. The first-order chi connectivity index (χ1) is 12.8. The summed E-state index contributed by atoms with van der Waals surface area (Å²) in [4.78, 5) is 13.4. The summed E-state index contributed by atoms with van der Waals surface area (Å²) in [6, 6.07) is 16.5. The molecule has 5 heteroatoms. The molecule has 3 heterocycles. The summed E-state index contributed by atoms with van der Waals surface area (Å²) in [5.74, 6) is 0.494. The Hall–Kier alpha value is -2.95. The third-order valence-electron chi connectivity index (χ3n) is 5.99. The van der Waals surface area contributed by atoms with E-state index in [1.807, 2.05) is 30.5 Å². The molecule has 1 saturated heterocycles. The third-order valence-corrected chi connectivity index (χ3v) is 5.99. The van der Waals surface area contributed by atoms with Gasteiger partial charge >= 0.3 is 0 Å². The number of amides is 1. The minimum Gasteiger partial charge on any atom is -0.272 e. The molecule has 1 amide bonds. The molecule has 3 aliphatic heterocycles. The molecule has 4 aliphatic rings. The lowest BCUT2D eigenvalue weighted by Crippen LogP contribution is -2.55. The van der Waals surface area contributed by atoms with E-state index >= 15 is 0 Å². The van der Waals surface area contributed by atoms with Crippen LogP contribution < -0.4 is 0 Å². The summed E-state index contributed by atoms with van der Waals surface area (Å²) in [7, 11) is 0. The van der Waals surface area contributed by atoms with E-state index in [9.17, 15) is 4.79 Å². The van der Waals surface area contributed by atoms with Crippen LogP contribution in [0, 0.1) is 11.8 Å². The van der Waals surface area contributed by atoms with Crippen LogP contribution in [-0.4, -0.2) is 28.4 Å². The Morgan fingerprint density at radius 1 is 0.846 bits per heavy atom. The van der Waals surface area contributed by atoms with Gasteiger partial charge in [-0.3, -0.25) is 9.80 Å². The topological polar surface area (TPSA) is 48.3 Å². The maximum absolute atomic E-state index is 13.4. The van der Waals surface area contributed by atoms with Crippen molar-refractivity contribution in [1.29, 1.82) is 0 Å². The molecular formula is C21H18N4O. The fourth-order valence-electron chi connectivity index (χ4n) is 4.63. The van der Waals surface area contributed by atoms with Crippen LogP contribution in [0.4, 0.5) is 0 Å². The van der Waals surface area contributed by atoms with Crippen LogP contribution in [0.1, 0.15) is 47.3 Å². The Labute approximate surface area is 151 Å². The molecule has 2 aromatic rings. The molecule has 0 unspecified atom stereocenters. The average Bonchev–Trinajstić information content (AvgIpc) is 3.52. The van der Waals surface area contributed by atoms with Crippen LogP contribution in [0.3, 0.4) is 0 Å². The zero-order valence-electron chi connectivity index (χ0n) is 14.2. The molecule has 26 heavy (non-hydrogen) atoms. The lowest BCUT2D eigenvalue weighted by Gasteiger charge is -2.51. The quantitative estimate of drug-likeness (QED) is 0.798. The molecule has 0 radical (unpaired) electrons. The molecular weight excluding hydrogens is 324 g/mol. The van der Waals surface area contributed by atoms with Gasteiger partial charge in [-0.2, -0.15) is 10.2 Å². The smallest absolute Gasteiger partial charge is 0.250 e. The molecule has 1 aliphatic carbocycles. The van der Waals surface area contributed by atoms with E-state index in [2.05, 4.69) is 34.4 Å². The van der Waals surface area contributed by atoms with E-state index in [4.69, 9.17) is 5.10 Å². The monoisotopic (exact) mass is 342 g/mol. The second-order valence-electron chi connectivity index (χ2n) is 7.49. The van der Waals surface area contributed by atoms with Crippen LogP contribution in [0.25, 0.3) is 0 Å². The highest BCUT2D eigenvalue weighted by Crippen LogP contribution is 2.54. The molecule has 3 atom stereocenters. The van der Waals surface area contributed by atoms with Crippen molar-refractivity contribution >= 4 is 18.3 Å². The lowest BCUT2D eigenvalue weighted by atomic mass is 9.81. The maximum atomic E-state index is 13.4. The van der Waals surface area contributed by atoms with Gasteiger partial charge in [-0.05, 0) is 29.9 Å². The number of nitrogens with zero attached hydrogens (tertiary/aromatic N) is 4. The minimum atomic E-state index is -0.270. The van der Waals surface area contributed by atoms with Crippen molar-refractivity contribution in [3.05, 3.63) is 70.8 Å². The Balaban J connectivity index is 1.56. The summed E-state index contributed by atoms with van der Waals surface area (Å²) >= 11 is 0. The molecule has 6 rings (SSSR count). The standard InChI is InChI=1S/C21H18N4O/c26-21-18(13-9-10-13)19-16-7-3-1-5-14(16)11-22-24(19)20-17-8-4-2-6-15(17)12-23-25(20)21/h1-8,11-13,18-20H,9-10H2/t18-,19-,20-/m0/s1. The second kappa shape index (κ2) is 5.04. The zero-order valence-corrected chi connectivity index (χ0v) is 14.2. The fourth-order valence-corrected chi connectivity index (χ4v) is 4.63. The summed E-state index contributed by atoms with van der Waals surface area (Å²) in [5, 5.41) is 13.1. The highest BCUT2D eigenvalue weighted by atomic mass is 16.2. The van der Waals surface area contributed by atoms with Gasteiger partial charge < -0.3 is 0 Å². The molecule has 5 nitrogen and oxygen atoms in total. The number of carbonyl (C=O) groups is 1. The van der Waals surface area contributed by atoms with Gasteiger partial charge in [0.15, 0.2) is 6.17 Å². The van der Waals surface area contributed by atoms with Crippen LogP contribution in [0.15, 0.2) is 58.7 Å². The van der Waals surface area contributed by atoms with Gasteiger partial charge in [0.25, 0.3) is 5.91 Å². The normalized spacial score (nSPS) is 28.3. The first-order valence-corrected chi connectivity index (χ1v) is 9.20. The largest absolute Gasteiger partial charge is 0.272 e. The van der Waals surface area contributed by atoms with Crippen molar-refractivity contribution < 1.29 is 4.79 Å². The zero-order chi connectivity index (χ0) is 17.3. The maximum Gasteiger partial charge on any atom is 0.250 e. The van der Waals surface area contributed by atoms with E-state index in [-0.39, 0.29) is 24.0 Å². The van der Waals surface area contributed by atoms with Crippen LogP contribution in [-0.2, 0) is 4.79 Å². The van der Waals surface area contributed by atoms with Gasteiger partial charge in [0.2, 0.25) is 0 Å². The van der Waals surface area contributed by atoms with E-state index in [1.54, 1.807) is 11.2 Å². The van der Waals surface area contributed by atoms with E-state index < -0.39 is 0 Å². The predicted molar refractivity (Wildman–Crippen MR) is 98.5 cm³/mol. The number of rotatable bonds is 1. The SMILES string of the molecule is O=C1[C@@H](C2CC2)[C@@H]2c3ccccc3C=NN2[C@@H]2c3ccccc3C=NN12. The van der Waals surface area contributed by atoms with E-state index in [0.29, 0.717) is 5.92 Å². The number of hydrogen-bond donors (Lipinski definition) is 0. The summed E-state index contributed by atoms with van der Waals surface area (Å²) in [6.07, 6.45) is 5.69. The van der Waals surface area contributed by atoms with Crippen LogP contribution in [0.5, 0.6) is 0 Å². The molecule has 0 spiro atoms. The summed E-state index contributed by atoms with van der Waals surface area (Å²) in [5.41, 5.74) is 4.47. The van der Waals surface area contributed by atoms with Crippen molar-refractivity contribution in [2.24, 2.45) is 22.0 Å². The number of hydrazone groups is 2. The molecule has 0 N–H and O–H groups in total. The highest BCUT2D eigenvalue weighted by Gasteiger charge is 2.55. The molecule has 2 aromatic carbocycles. The Morgan fingerprint density at radius 2 is 1.50 bits per heavy atom. The molecule has 1 saturated carbocycles. The Morgan fingerprint density at radius 3 is 2.27 bits per heavy atom. The second-order valence-corrected chi connectivity index (χ2v) is 7.49. The van der Waals surface area contributed by atoms with Crippen molar-refractivity contribution in [2.45, 2.75) is 25.0 Å². The van der Waals surface area contributed by atoms with Crippen molar-refractivity contribution in [2.75, 3.05) is 0 Å². The number of carbonyl (C=O) groups excluding carboxylic acids is 1. The highest BCUT2D eigenvalue weighted by molar-refractivity contribution is 5.90. The van der Waals surface area contributed by atoms with Crippen molar-refractivity contribution in [1.82, 2.24) is 10.0 Å². The molecule has 128 valence electrons. The average molecular weight is 342 g/mol. The Bertz CT molecular complexity index is 977. The van der Waals surface area contributed by atoms with Gasteiger partial charge in [0, 0.05) is 11.1 Å². The van der Waals surface area contributed by atoms with Crippen molar-refractivity contribution in [3.63, 3.8) is 0 Å². The molecule has 2 fully saturated rings. The number of hydrogen-bond acceptors (Lipinski definition) is 4. The van der Waals surface area contributed by atoms with Crippen LogP contribution in [0.2, 0.25) is 0 Å². The summed E-state index contributed by atoms with van der Waals surface area (Å²) < 4.78 is 0. The molecule has 0 bridgehead atoms. The van der Waals surface area contributed by atoms with Gasteiger partial charge in [-0.1, -0.05) is 48.5 Å².